The van der Waals surface area contributed by atoms with Crippen LogP contribution >= 0.6 is 23.2 Å². The van der Waals surface area contributed by atoms with Crippen LogP contribution in [0.15, 0.2) is 53.1 Å². The molecule has 0 saturated carbocycles. The minimum Gasteiger partial charge on any atom is -0.376 e. The first kappa shape index (κ1) is 24.3. The van der Waals surface area contributed by atoms with E-state index in [1.807, 2.05) is 31.2 Å². The molecule has 2 aromatic carbocycles. The highest BCUT2D eigenvalue weighted by molar-refractivity contribution is 6.36. The van der Waals surface area contributed by atoms with Crippen molar-refractivity contribution in [2.75, 3.05) is 13.2 Å². The largest absolute Gasteiger partial charge is 0.376 e. The summed E-state index contributed by atoms with van der Waals surface area (Å²) in [5.74, 6) is -0.246. The number of hydrogen-bond donors (Lipinski definition) is 1. The van der Waals surface area contributed by atoms with Crippen molar-refractivity contribution in [1.82, 2.24) is 15.4 Å². The lowest BCUT2D eigenvalue weighted by atomic mass is 10.1. The molecule has 1 saturated heterocycles. The van der Waals surface area contributed by atoms with Gasteiger partial charge in [0.05, 0.1) is 23.2 Å². The molecule has 1 fully saturated rings. The van der Waals surface area contributed by atoms with E-state index in [0.29, 0.717) is 36.0 Å². The number of aryl methyl sites for hydroxylation is 1. The average Bonchev–Trinajstić information content (AvgIpc) is 3.50. The molecule has 7 nitrogen and oxygen atoms in total. The van der Waals surface area contributed by atoms with Gasteiger partial charge in [-0.15, -0.1) is 0 Å². The van der Waals surface area contributed by atoms with Gasteiger partial charge in [0.15, 0.2) is 11.5 Å². The van der Waals surface area contributed by atoms with Gasteiger partial charge >= 0.3 is 0 Å². The lowest BCUT2D eigenvalue weighted by molar-refractivity contribution is 0.0486. The van der Waals surface area contributed by atoms with Crippen molar-refractivity contribution in [2.24, 2.45) is 0 Å². The van der Waals surface area contributed by atoms with E-state index in [9.17, 15) is 9.59 Å². The predicted octanol–water partition coefficient (Wildman–Crippen LogP) is 5.04. The van der Waals surface area contributed by atoms with Crippen molar-refractivity contribution in [2.45, 2.75) is 39.0 Å². The van der Waals surface area contributed by atoms with Crippen LogP contribution in [0, 0.1) is 6.92 Å². The van der Waals surface area contributed by atoms with Gasteiger partial charge in [0.2, 0.25) is 0 Å². The first-order chi connectivity index (χ1) is 16.4. The van der Waals surface area contributed by atoms with Crippen molar-refractivity contribution in [3.8, 4) is 0 Å². The summed E-state index contributed by atoms with van der Waals surface area (Å²) in [7, 11) is 0. The van der Waals surface area contributed by atoms with E-state index in [4.69, 9.17) is 32.5 Å². The van der Waals surface area contributed by atoms with Crippen LogP contribution in [0.3, 0.4) is 0 Å². The lowest BCUT2D eigenvalue weighted by Crippen LogP contribution is -2.37. The minimum absolute atomic E-state index is 0.0739. The monoisotopic (exact) mass is 501 g/mol. The van der Waals surface area contributed by atoms with E-state index in [1.165, 1.54) is 6.07 Å². The van der Waals surface area contributed by atoms with Crippen molar-refractivity contribution in [1.29, 1.82) is 0 Å². The van der Waals surface area contributed by atoms with E-state index in [1.54, 1.807) is 23.1 Å². The SMILES string of the molecule is Cc1ccc(CNC(=O)c2cc(CN(CC3CCCO3)C(=O)c3ccc(Cl)cc3Cl)on2)cc1. The fourth-order valence-corrected chi connectivity index (χ4v) is 4.24. The Morgan fingerprint density at radius 3 is 2.65 bits per heavy atom. The van der Waals surface area contributed by atoms with E-state index in [0.717, 1.165) is 24.0 Å². The zero-order valence-corrected chi connectivity index (χ0v) is 20.2. The topological polar surface area (TPSA) is 84.7 Å². The third-order valence-electron chi connectivity index (χ3n) is 5.61. The smallest absolute Gasteiger partial charge is 0.273 e. The maximum atomic E-state index is 13.3. The molecule has 0 radical (unpaired) electrons. The van der Waals surface area contributed by atoms with Crippen molar-refractivity contribution in [3.63, 3.8) is 0 Å². The summed E-state index contributed by atoms with van der Waals surface area (Å²) in [6, 6.07) is 14.2. The second-order valence-corrected chi connectivity index (χ2v) is 9.14. The number of rotatable bonds is 8. The van der Waals surface area contributed by atoms with Crippen LogP contribution in [0.4, 0.5) is 0 Å². The summed E-state index contributed by atoms with van der Waals surface area (Å²) in [6.45, 7) is 3.54. The zero-order chi connectivity index (χ0) is 24.1. The Hall–Kier alpha value is -2.87. The van der Waals surface area contributed by atoms with Crippen LogP contribution in [-0.4, -0.2) is 41.1 Å². The van der Waals surface area contributed by atoms with E-state index in [-0.39, 0.29) is 35.2 Å². The van der Waals surface area contributed by atoms with Gasteiger partial charge in [-0.2, -0.15) is 0 Å². The molecule has 2 heterocycles. The summed E-state index contributed by atoms with van der Waals surface area (Å²) < 4.78 is 11.1. The van der Waals surface area contributed by atoms with Crippen LogP contribution in [0.5, 0.6) is 0 Å². The first-order valence-electron chi connectivity index (χ1n) is 11.0. The third-order valence-corrected chi connectivity index (χ3v) is 6.16. The molecule has 0 aliphatic carbocycles. The number of carbonyl (C=O) groups excluding carboxylic acids is 2. The Labute approximate surface area is 208 Å². The molecule has 3 aromatic rings. The third kappa shape index (κ3) is 6.17. The number of nitrogens with zero attached hydrogens (tertiary/aromatic N) is 2. The molecule has 1 aliphatic heterocycles. The van der Waals surface area contributed by atoms with Crippen LogP contribution in [-0.2, 0) is 17.8 Å². The van der Waals surface area contributed by atoms with Gasteiger partial charge in [0, 0.05) is 30.8 Å². The summed E-state index contributed by atoms with van der Waals surface area (Å²) in [4.78, 5) is 27.4. The predicted molar refractivity (Wildman–Crippen MR) is 129 cm³/mol. The van der Waals surface area contributed by atoms with Crippen LogP contribution in [0.1, 0.15) is 50.6 Å². The normalized spacial score (nSPS) is 15.3. The summed E-state index contributed by atoms with van der Waals surface area (Å²) in [5.41, 5.74) is 2.62. The standard InChI is InChI=1S/C25H25Cl2N3O4/c1-16-4-6-17(7-5-16)13-28-24(31)23-12-20(34-29-23)15-30(14-19-3-2-10-33-19)25(32)21-9-8-18(26)11-22(21)27/h4-9,11-12,19H,2-3,10,13-15H2,1H3,(H,28,31). The van der Waals surface area contributed by atoms with Gasteiger partial charge in [0.1, 0.15) is 0 Å². The number of carbonyl (C=O) groups is 2. The molecule has 0 bridgehead atoms. The van der Waals surface area contributed by atoms with Gasteiger partial charge in [-0.3, -0.25) is 9.59 Å². The Balaban J connectivity index is 1.45. The van der Waals surface area contributed by atoms with Gasteiger partial charge in [-0.1, -0.05) is 58.2 Å². The molecule has 0 spiro atoms. The molecule has 1 unspecified atom stereocenters. The molecule has 9 heteroatoms. The molecular weight excluding hydrogens is 477 g/mol. The number of amides is 2. The summed E-state index contributed by atoms with van der Waals surface area (Å²) in [6.07, 6.45) is 1.73. The fraction of sp³-hybridized carbons (Fsp3) is 0.320. The number of hydrogen-bond acceptors (Lipinski definition) is 5. The second kappa shape index (κ2) is 11.0. The highest BCUT2D eigenvalue weighted by Crippen LogP contribution is 2.24. The Morgan fingerprint density at radius 2 is 1.94 bits per heavy atom. The number of halogens is 2. The fourth-order valence-electron chi connectivity index (χ4n) is 3.75. The van der Waals surface area contributed by atoms with Crippen molar-refractivity contribution < 1.29 is 18.8 Å². The number of nitrogens with one attached hydrogen (secondary N) is 1. The average molecular weight is 502 g/mol. The molecule has 1 aliphatic rings. The number of ether oxygens (including phenoxy) is 1. The van der Waals surface area contributed by atoms with Crippen molar-refractivity contribution in [3.05, 3.63) is 86.7 Å². The second-order valence-electron chi connectivity index (χ2n) is 8.29. The minimum atomic E-state index is -0.353. The van der Waals surface area contributed by atoms with E-state index in [2.05, 4.69) is 10.5 Å². The van der Waals surface area contributed by atoms with Crippen LogP contribution in [0.2, 0.25) is 10.0 Å². The quantitative estimate of drug-likeness (QED) is 0.467. The van der Waals surface area contributed by atoms with Crippen molar-refractivity contribution >= 4 is 35.0 Å². The van der Waals surface area contributed by atoms with Crippen LogP contribution < -0.4 is 5.32 Å². The maximum Gasteiger partial charge on any atom is 0.273 e. The molecule has 2 amide bonds. The summed E-state index contributed by atoms with van der Waals surface area (Å²) >= 11 is 12.3. The van der Waals surface area contributed by atoms with Gasteiger partial charge < -0.3 is 19.5 Å². The first-order valence-corrected chi connectivity index (χ1v) is 11.8. The highest BCUT2D eigenvalue weighted by atomic mass is 35.5. The zero-order valence-electron chi connectivity index (χ0n) is 18.7. The Morgan fingerprint density at radius 1 is 1.15 bits per heavy atom. The Bertz CT molecular complexity index is 1160. The lowest BCUT2D eigenvalue weighted by Gasteiger charge is -2.25. The number of benzene rings is 2. The van der Waals surface area contributed by atoms with Gasteiger partial charge in [-0.25, -0.2) is 0 Å². The molecule has 1 N–H and O–H groups in total. The van der Waals surface area contributed by atoms with Gasteiger partial charge in [-0.05, 0) is 43.5 Å². The molecule has 1 aromatic heterocycles. The Kier molecular flexibility index (Phi) is 7.88. The molecule has 4 rings (SSSR count). The number of aromatic nitrogens is 1. The molecular formula is C25H25Cl2N3O4. The highest BCUT2D eigenvalue weighted by Gasteiger charge is 2.26. The summed E-state index contributed by atoms with van der Waals surface area (Å²) in [5, 5.41) is 7.43. The van der Waals surface area contributed by atoms with E-state index < -0.39 is 0 Å². The maximum absolute atomic E-state index is 13.3. The van der Waals surface area contributed by atoms with Gasteiger partial charge in [0.25, 0.3) is 11.8 Å². The van der Waals surface area contributed by atoms with Crippen LogP contribution in [0.25, 0.3) is 0 Å². The molecule has 1 atom stereocenters. The van der Waals surface area contributed by atoms with E-state index >= 15 is 0 Å². The molecule has 34 heavy (non-hydrogen) atoms. The molecule has 178 valence electrons.